The van der Waals surface area contributed by atoms with Gasteiger partial charge >= 0.3 is 0 Å². The molecule has 3 aromatic rings. The fourth-order valence-electron chi connectivity index (χ4n) is 3.77. The number of rotatable bonds is 4. The van der Waals surface area contributed by atoms with Crippen molar-refractivity contribution in [2.75, 3.05) is 12.4 Å². The van der Waals surface area contributed by atoms with Gasteiger partial charge in [0.25, 0.3) is 5.56 Å². The van der Waals surface area contributed by atoms with Gasteiger partial charge in [-0.2, -0.15) is 4.98 Å². The van der Waals surface area contributed by atoms with Gasteiger partial charge in [-0.25, -0.2) is 4.98 Å². The molecule has 144 valence electrons. The van der Waals surface area contributed by atoms with Crippen molar-refractivity contribution in [2.45, 2.75) is 33.2 Å². The van der Waals surface area contributed by atoms with E-state index >= 15 is 0 Å². The SMILES string of the molecule is COc1ccccc1CNc1nc2ncc3c(c2c(=O)[nH]1)CC(C)(C)CC3=O. The first-order chi connectivity index (χ1) is 13.4. The second-order valence-electron chi connectivity index (χ2n) is 7.87. The number of hydrogen-bond acceptors (Lipinski definition) is 6. The molecule has 1 aliphatic carbocycles. The molecule has 0 saturated heterocycles. The fraction of sp³-hybridized carbons (Fsp3) is 0.333. The molecule has 0 fully saturated rings. The average Bonchev–Trinajstić information content (AvgIpc) is 2.65. The number of ether oxygens (including phenoxy) is 1. The lowest BCUT2D eigenvalue weighted by Gasteiger charge is -2.30. The molecular weight excluding hydrogens is 356 g/mol. The van der Waals surface area contributed by atoms with Gasteiger partial charge in [-0.3, -0.25) is 14.6 Å². The van der Waals surface area contributed by atoms with Crippen molar-refractivity contribution in [3.63, 3.8) is 0 Å². The van der Waals surface area contributed by atoms with Crippen LogP contribution in [-0.2, 0) is 13.0 Å². The Morgan fingerprint density at radius 2 is 2.00 bits per heavy atom. The second-order valence-corrected chi connectivity index (χ2v) is 7.87. The highest BCUT2D eigenvalue weighted by Gasteiger charge is 2.33. The number of fused-ring (bicyclic) bond motifs is 3. The van der Waals surface area contributed by atoms with Gasteiger partial charge in [-0.1, -0.05) is 32.0 Å². The molecule has 1 aromatic carbocycles. The Balaban J connectivity index is 1.71. The van der Waals surface area contributed by atoms with E-state index in [1.807, 2.05) is 38.1 Å². The molecule has 0 atom stereocenters. The number of ketones is 1. The van der Waals surface area contributed by atoms with Gasteiger partial charge in [0.05, 0.1) is 12.5 Å². The number of anilines is 1. The number of nitrogens with one attached hydrogen (secondary N) is 2. The van der Waals surface area contributed by atoms with Gasteiger partial charge in [0.15, 0.2) is 11.4 Å². The van der Waals surface area contributed by atoms with Crippen molar-refractivity contribution in [3.05, 3.63) is 57.5 Å². The molecule has 7 nitrogen and oxygen atoms in total. The number of para-hydroxylation sites is 1. The van der Waals surface area contributed by atoms with Gasteiger partial charge < -0.3 is 10.1 Å². The van der Waals surface area contributed by atoms with Gasteiger partial charge in [0.1, 0.15) is 5.75 Å². The lowest BCUT2D eigenvalue weighted by molar-refractivity contribution is 0.0912. The van der Waals surface area contributed by atoms with Crippen LogP contribution in [0.1, 0.15) is 41.8 Å². The number of carbonyl (C=O) groups is 1. The van der Waals surface area contributed by atoms with Crippen molar-refractivity contribution in [2.24, 2.45) is 5.41 Å². The molecule has 28 heavy (non-hydrogen) atoms. The van der Waals surface area contributed by atoms with Crippen molar-refractivity contribution in [1.82, 2.24) is 15.0 Å². The maximum atomic E-state index is 12.8. The summed E-state index contributed by atoms with van der Waals surface area (Å²) in [6.45, 7) is 4.50. The highest BCUT2D eigenvalue weighted by Crippen LogP contribution is 2.36. The maximum Gasteiger partial charge on any atom is 0.262 e. The molecule has 0 saturated carbocycles. The number of H-pyrrole nitrogens is 1. The zero-order chi connectivity index (χ0) is 19.9. The number of pyridine rings is 1. The largest absolute Gasteiger partial charge is 0.496 e. The smallest absolute Gasteiger partial charge is 0.262 e. The highest BCUT2D eigenvalue weighted by atomic mass is 16.5. The Bertz CT molecular complexity index is 1130. The Labute approximate surface area is 162 Å². The topological polar surface area (TPSA) is 97.0 Å². The Morgan fingerprint density at radius 1 is 1.21 bits per heavy atom. The van der Waals surface area contributed by atoms with Gasteiger partial charge in [0.2, 0.25) is 5.95 Å². The monoisotopic (exact) mass is 378 g/mol. The number of methoxy groups -OCH3 is 1. The molecule has 0 spiro atoms. The van der Waals surface area contributed by atoms with Crippen molar-refractivity contribution in [1.29, 1.82) is 0 Å². The molecule has 0 unspecified atom stereocenters. The number of Topliss-reactive ketones (excluding diaryl/α,β-unsaturated/α-hetero) is 1. The van der Waals surface area contributed by atoms with Crippen LogP contribution in [0.5, 0.6) is 5.75 Å². The van der Waals surface area contributed by atoms with Crippen molar-refractivity contribution >= 4 is 22.8 Å². The van der Waals surface area contributed by atoms with E-state index in [1.54, 1.807) is 13.3 Å². The minimum atomic E-state index is -0.289. The Morgan fingerprint density at radius 3 is 2.79 bits per heavy atom. The average molecular weight is 378 g/mol. The highest BCUT2D eigenvalue weighted by molar-refractivity contribution is 6.02. The third kappa shape index (κ3) is 3.24. The van der Waals surface area contributed by atoms with Crippen molar-refractivity contribution in [3.8, 4) is 5.75 Å². The molecule has 0 aliphatic heterocycles. The first-order valence-electron chi connectivity index (χ1n) is 9.19. The van der Waals surface area contributed by atoms with Gasteiger partial charge in [-0.15, -0.1) is 0 Å². The quantitative estimate of drug-likeness (QED) is 0.724. The third-order valence-corrected chi connectivity index (χ3v) is 5.08. The minimum Gasteiger partial charge on any atom is -0.496 e. The molecule has 0 amide bonds. The fourth-order valence-corrected chi connectivity index (χ4v) is 3.77. The molecule has 4 rings (SSSR count). The molecule has 7 heteroatoms. The van der Waals surface area contributed by atoms with Crippen LogP contribution in [0.3, 0.4) is 0 Å². The minimum absolute atomic E-state index is 0.0263. The van der Waals surface area contributed by atoms with E-state index < -0.39 is 0 Å². The summed E-state index contributed by atoms with van der Waals surface area (Å²) < 4.78 is 5.34. The molecule has 2 aromatic heterocycles. The summed E-state index contributed by atoms with van der Waals surface area (Å²) in [6.07, 6.45) is 2.65. The first-order valence-corrected chi connectivity index (χ1v) is 9.19. The number of hydrogen-bond donors (Lipinski definition) is 2. The van der Waals surface area contributed by atoms with Crippen molar-refractivity contribution < 1.29 is 9.53 Å². The van der Waals surface area contributed by atoms with Crippen LogP contribution in [0.25, 0.3) is 11.0 Å². The summed E-state index contributed by atoms with van der Waals surface area (Å²) in [5.41, 5.74) is 2.09. The van der Waals surface area contributed by atoms with Crippen LogP contribution in [0.15, 0.2) is 35.3 Å². The summed E-state index contributed by atoms with van der Waals surface area (Å²) in [5, 5.41) is 3.52. The van der Waals surface area contributed by atoms with Gasteiger partial charge in [-0.05, 0) is 23.5 Å². The number of carbonyl (C=O) groups excluding carboxylic acids is 1. The standard InChI is InChI=1S/C21H22N4O3/c1-21(2)8-13-14(15(26)9-21)11-22-18-17(13)19(27)25-20(24-18)23-10-12-6-4-5-7-16(12)28-3/h4-7,11H,8-10H2,1-3H3,(H2,22,23,24,25,27). The van der Waals surface area contributed by atoms with E-state index in [1.165, 1.54) is 0 Å². The summed E-state index contributed by atoms with van der Waals surface area (Å²) >= 11 is 0. The molecule has 1 aliphatic rings. The van der Waals surface area contributed by atoms with E-state index in [0.717, 1.165) is 16.9 Å². The number of nitrogens with zero attached hydrogens (tertiary/aromatic N) is 2. The first kappa shape index (κ1) is 18.2. The van der Waals surface area contributed by atoms with Crippen LogP contribution in [0.4, 0.5) is 5.95 Å². The molecule has 0 bridgehead atoms. The molecular formula is C21H22N4O3. The zero-order valence-corrected chi connectivity index (χ0v) is 16.1. The van der Waals surface area contributed by atoms with Crippen LogP contribution in [0.2, 0.25) is 0 Å². The summed E-state index contributed by atoms with van der Waals surface area (Å²) in [7, 11) is 1.62. The Kier molecular flexibility index (Phi) is 4.37. The van der Waals surface area contributed by atoms with E-state index in [-0.39, 0.29) is 16.8 Å². The predicted molar refractivity (Wildman–Crippen MR) is 107 cm³/mol. The Hall–Kier alpha value is -3.22. The zero-order valence-electron chi connectivity index (χ0n) is 16.1. The van der Waals surface area contributed by atoms with Crippen LogP contribution in [-0.4, -0.2) is 27.8 Å². The van der Waals surface area contributed by atoms with E-state index in [0.29, 0.717) is 41.9 Å². The number of benzene rings is 1. The lowest BCUT2D eigenvalue weighted by atomic mass is 9.73. The van der Waals surface area contributed by atoms with Crippen LogP contribution >= 0.6 is 0 Å². The summed E-state index contributed by atoms with van der Waals surface area (Å²) in [6, 6.07) is 7.63. The predicted octanol–water partition coefficient (Wildman–Crippen LogP) is 3.09. The van der Waals surface area contributed by atoms with Gasteiger partial charge in [0, 0.05) is 30.3 Å². The third-order valence-electron chi connectivity index (χ3n) is 5.08. The second kappa shape index (κ2) is 6.74. The van der Waals surface area contributed by atoms with E-state index in [9.17, 15) is 9.59 Å². The molecule has 2 N–H and O–H groups in total. The summed E-state index contributed by atoms with van der Waals surface area (Å²) in [5.74, 6) is 1.11. The normalized spacial score (nSPS) is 15.3. The van der Waals surface area contributed by atoms with Crippen LogP contribution in [0, 0.1) is 5.41 Å². The molecule has 2 heterocycles. The summed E-state index contributed by atoms with van der Waals surface area (Å²) in [4.78, 5) is 36.8. The number of aromatic amines is 1. The lowest BCUT2D eigenvalue weighted by Crippen LogP contribution is -2.29. The number of aromatic nitrogens is 3. The van der Waals surface area contributed by atoms with E-state index in [4.69, 9.17) is 4.74 Å². The molecule has 0 radical (unpaired) electrons. The maximum absolute atomic E-state index is 12.8. The van der Waals surface area contributed by atoms with Crippen LogP contribution < -0.4 is 15.6 Å². The van der Waals surface area contributed by atoms with E-state index in [2.05, 4.69) is 20.3 Å².